The Kier molecular flexibility index (Phi) is 4.35. The van der Waals surface area contributed by atoms with Gasteiger partial charge in [-0.1, -0.05) is 17.9 Å². The molecule has 3 N–H and O–H groups in total. The van der Waals surface area contributed by atoms with Crippen molar-refractivity contribution in [1.82, 2.24) is 4.98 Å². The quantitative estimate of drug-likeness (QED) is 0.830. The van der Waals surface area contributed by atoms with E-state index in [1.807, 2.05) is 0 Å². The van der Waals surface area contributed by atoms with Gasteiger partial charge < -0.3 is 5.73 Å². The lowest BCUT2D eigenvalue weighted by atomic mass is 10.2. The van der Waals surface area contributed by atoms with Crippen LogP contribution in [0, 0.1) is 11.8 Å². The average Bonchev–Trinajstić information content (AvgIpc) is 2.46. The molecule has 2 aromatic rings. The summed E-state index contributed by atoms with van der Waals surface area (Å²) in [5.41, 5.74) is 6.35. The van der Waals surface area contributed by atoms with Crippen LogP contribution in [-0.4, -0.2) is 19.9 Å². The van der Waals surface area contributed by atoms with Crippen molar-refractivity contribution in [3.05, 3.63) is 54.4 Å². The second kappa shape index (κ2) is 6.19. The number of hydrogen-bond acceptors (Lipinski definition) is 4. The molecule has 5 nitrogen and oxygen atoms in total. The van der Waals surface area contributed by atoms with Crippen LogP contribution in [0.25, 0.3) is 0 Å². The molecule has 1 heterocycles. The fourth-order valence-corrected chi connectivity index (χ4v) is 2.63. The molecule has 6 heteroatoms. The second-order valence-electron chi connectivity index (χ2n) is 3.88. The van der Waals surface area contributed by atoms with Gasteiger partial charge in [0.1, 0.15) is 0 Å². The summed E-state index contributed by atoms with van der Waals surface area (Å²) < 4.78 is 26.9. The van der Waals surface area contributed by atoms with Crippen molar-refractivity contribution in [2.45, 2.75) is 4.90 Å². The van der Waals surface area contributed by atoms with Crippen molar-refractivity contribution in [3.63, 3.8) is 0 Å². The summed E-state index contributed by atoms with van der Waals surface area (Å²) in [6.07, 6.45) is 3.03. The van der Waals surface area contributed by atoms with Gasteiger partial charge in [-0.2, -0.15) is 0 Å². The number of hydrogen-bond donors (Lipinski definition) is 2. The maximum atomic E-state index is 12.2. The molecule has 0 radical (unpaired) electrons. The molecular weight excluding hydrogens is 274 g/mol. The Labute approximate surface area is 117 Å². The van der Waals surface area contributed by atoms with E-state index >= 15 is 0 Å². The van der Waals surface area contributed by atoms with Crippen LogP contribution in [0.5, 0.6) is 0 Å². The highest BCUT2D eigenvalue weighted by atomic mass is 32.2. The van der Waals surface area contributed by atoms with Crippen LogP contribution in [0.2, 0.25) is 0 Å². The minimum atomic E-state index is -3.64. The molecule has 1 aromatic carbocycles. The zero-order valence-electron chi connectivity index (χ0n) is 10.6. The van der Waals surface area contributed by atoms with E-state index < -0.39 is 10.0 Å². The number of anilines is 1. The molecule has 0 fully saturated rings. The fourth-order valence-electron chi connectivity index (χ4n) is 1.53. The molecule has 0 aliphatic carbocycles. The number of benzene rings is 1. The van der Waals surface area contributed by atoms with Crippen LogP contribution < -0.4 is 10.5 Å². The van der Waals surface area contributed by atoms with Crippen LogP contribution in [0.3, 0.4) is 0 Å². The molecule has 0 aliphatic rings. The predicted molar refractivity (Wildman–Crippen MR) is 77.4 cm³/mol. The van der Waals surface area contributed by atoms with Gasteiger partial charge in [-0.15, -0.1) is 0 Å². The maximum absolute atomic E-state index is 12.2. The SMILES string of the molecule is NCC#Cc1cccc(S(=O)(=O)Nc2ccncc2)c1. The third-order valence-electron chi connectivity index (χ3n) is 2.41. The third kappa shape index (κ3) is 3.57. The van der Waals surface area contributed by atoms with Gasteiger partial charge in [-0.05, 0) is 30.3 Å². The molecule has 0 spiro atoms. The smallest absolute Gasteiger partial charge is 0.261 e. The van der Waals surface area contributed by atoms with E-state index in [0.29, 0.717) is 11.3 Å². The van der Waals surface area contributed by atoms with Gasteiger partial charge in [0, 0.05) is 18.0 Å². The van der Waals surface area contributed by atoms with Crippen LogP contribution in [0.15, 0.2) is 53.7 Å². The molecule has 1 aromatic heterocycles. The molecule has 0 amide bonds. The predicted octanol–water partition coefficient (Wildman–Crippen LogP) is 1.19. The van der Waals surface area contributed by atoms with Crippen molar-refractivity contribution in [1.29, 1.82) is 0 Å². The van der Waals surface area contributed by atoms with Crippen molar-refractivity contribution < 1.29 is 8.42 Å². The highest BCUT2D eigenvalue weighted by Crippen LogP contribution is 2.16. The van der Waals surface area contributed by atoms with Gasteiger partial charge in [-0.25, -0.2) is 8.42 Å². The maximum Gasteiger partial charge on any atom is 0.261 e. The minimum absolute atomic E-state index is 0.151. The van der Waals surface area contributed by atoms with E-state index in [9.17, 15) is 8.42 Å². The molecule has 0 saturated heterocycles. The number of aromatic nitrogens is 1. The second-order valence-corrected chi connectivity index (χ2v) is 5.56. The zero-order valence-corrected chi connectivity index (χ0v) is 11.4. The van der Waals surface area contributed by atoms with Crippen LogP contribution in [0.1, 0.15) is 5.56 Å². The Balaban J connectivity index is 2.30. The standard InChI is InChI=1S/C14H13N3O2S/c15-8-2-4-12-3-1-5-14(11-12)20(18,19)17-13-6-9-16-10-7-13/h1,3,5-7,9-11H,8,15H2,(H,16,17). The van der Waals surface area contributed by atoms with Crippen LogP contribution in [0.4, 0.5) is 5.69 Å². The van der Waals surface area contributed by atoms with E-state index in [4.69, 9.17) is 5.73 Å². The van der Waals surface area contributed by atoms with Crippen molar-refractivity contribution in [2.24, 2.45) is 5.73 Å². The van der Waals surface area contributed by atoms with Gasteiger partial charge in [0.2, 0.25) is 0 Å². The lowest BCUT2D eigenvalue weighted by Gasteiger charge is -2.07. The normalized spacial score (nSPS) is 10.4. The molecule has 20 heavy (non-hydrogen) atoms. The van der Waals surface area contributed by atoms with E-state index in [2.05, 4.69) is 21.5 Å². The largest absolute Gasteiger partial charge is 0.320 e. The van der Waals surface area contributed by atoms with Gasteiger partial charge in [-0.3, -0.25) is 9.71 Å². The lowest BCUT2D eigenvalue weighted by Crippen LogP contribution is -2.13. The Morgan fingerprint density at radius 3 is 2.65 bits per heavy atom. The summed E-state index contributed by atoms with van der Waals surface area (Å²) in [7, 11) is -3.64. The fraction of sp³-hybridized carbons (Fsp3) is 0.0714. The minimum Gasteiger partial charge on any atom is -0.320 e. The Morgan fingerprint density at radius 1 is 1.20 bits per heavy atom. The number of nitrogens with zero attached hydrogens (tertiary/aromatic N) is 1. The summed E-state index contributed by atoms with van der Waals surface area (Å²) in [6.45, 7) is 0.228. The topological polar surface area (TPSA) is 85.1 Å². The van der Waals surface area contributed by atoms with Crippen molar-refractivity contribution >= 4 is 15.7 Å². The highest BCUT2D eigenvalue weighted by Gasteiger charge is 2.14. The molecule has 2 rings (SSSR count). The van der Waals surface area contributed by atoms with Gasteiger partial charge in [0.15, 0.2) is 0 Å². The number of pyridine rings is 1. The molecule has 0 unspecified atom stereocenters. The average molecular weight is 287 g/mol. The Morgan fingerprint density at radius 2 is 1.95 bits per heavy atom. The van der Waals surface area contributed by atoms with Gasteiger partial charge >= 0.3 is 0 Å². The first-order valence-electron chi connectivity index (χ1n) is 5.84. The third-order valence-corrected chi connectivity index (χ3v) is 3.79. The number of sulfonamides is 1. The number of nitrogens with two attached hydrogens (primary N) is 1. The molecule has 0 bridgehead atoms. The van der Waals surface area contributed by atoms with E-state index in [-0.39, 0.29) is 11.4 Å². The van der Waals surface area contributed by atoms with Crippen molar-refractivity contribution in [3.8, 4) is 11.8 Å². The van der Waals surface area contributed by atoms with Crippen molar-refractivity contribution in [2.75, 3.05) is 11.3 Å². The van der Waals surface area contributed by atoms with Crippen LogP contribution >= 0.6 is 0 Å². The van der Waals surface area contributed by atoms with Gasteiger partial charge in [0.05, 0.1) is 17.1 Å². The first-order valence-corrected chi connectivity index (χ1v) is 7.32. The summed E-state index contributed by atoms with van der Waals surface area (Å²) in [6, 6.07) is 9.55. The molecule has 0 saturated carbocycles. The highest BCUT2D eigenvalue weighted by molar-refractivity contribution is 7.92. The Bertz CT molecular complexity index is 747. The lowest BCUT2D eigenvalue weighted by molar-refractivity contribution is 0.601. The van der Waals surface area contributed by atoms with E-state index in [1.165, 1.54) is 24.5 Å². The molecule has 102 valence electrons. The first-order chi connectivity index (χ1) is 9.62. The summed E-state index contributed by atoms with van der Waals surface area (Å²) in [4.78, 5) is 3.98. The molecule has 0 atom stereocenters. The van der Waals surface area contributed by atoms with E-state index in [0.717, 1.165) is 0 Å². The number of nitrogens with one attached hydrogen (secondary N) is 1. The van der Waals surface area contributed by atoms with E-state index in [1.54, 1.807) is 24.3 Å². The first kappa shape index (κ1) is 14.1. The zero-order chi connectivity index (χ0) is 14.4. The van der Waals surface area contributed by atoms with Crippen LogP contribution in [-0.2, 0) is 10.0 Å². The number of rotatable bonds is 3. The molecule has 0 aliphatic heterocycles. The molecular formula is C14H13N3O2S. The summed E-state index contributed by atoms with van der Waals surface area (Å²) in [5.74, 6) is 5.49. The monoisotopic (exact) mass is 287 g/mol. The Hall–Kier alpha value is -2.36. The summed E-state index contributed by atoms with van der Waals surface area (Å²) in [5, 5.41) is 0. The van der Waals surface area contributed by atoms with Gasteiger partial charge in [0.25, 0.3) is 10.0 Å². The summed E-state index contributed by atoms with van der Waals surface area (Å²) >= 11 is 0.